The highest BCUT2D eigenvalue weighted by atomic mass is 32.1. The van der Waals surface area contributed by atoms with Crippen LogP contribution < -0.4 is 0 Å². The Morgan fingerprint density at radius 1 is 1.56 bits per heavy atom. The Balaban J connectivity index is 1.91. The van der Waals surface area contributed by atoms with E-state index in [0.717, 1.165) is 42.4 Å². The van der Waals surface area contributed by atoms with Crippen molar-refractivity contribution < 1.29 is 4.79 Å². The zero-order valence-corrected chi connectivity index (χ0v) is 10.7. The van der Waals surface area contributed by atoms with Crippen LogP contribution >= 0.6 is 11.3 Å². The molecule has 0 saturated carbocycles. The van der Waals surface area contributed by atoms with E-state index >= 15 is 0 Å². The van der Waals surface area contributed by atoms with Gasteiger partial charge >= 0.3 is 0 Å². The molecule has 1 aliphatic heterocycles. The molecule has 0 aromatic carbocycles. The molecule has 0 bridgehead atoms. The van der Waals surface area contributed by atoms with Gasteiger partial charge in [0.25, 0.3) is 0 Å². The summed E-state index contributed by atoms with van der Waals surface area (Å²) in [5.41, 5.74) is 2.82. The Hall–Kier alpha value is -0.900. The van der Waals surface area contributed by atoms with Crippen molar-refractivity contribution in [3.8, 4) is 0 Å². The first-order valence-electron chi connectivity index (χ1n) is 5.83. The van der Waals surface area contributed by atoms with Gasteiger partial charge in [-0.15, -0.1) is 11.3 Å². The molecule has 0 N–H and O–H groups in total. The summed E-state index contributed by atoms with van der Waals surface area (Å²) >= 11 is 1.58. The molecule has 2 heterocycles. The van der Waals surface area contributed by atoms with Crippen molar-refractivity contribution in [2.45, 2.75) is 33.1 Å². The lowest BCUT2D eigenvalue weighted by Gasteiger charge is -2.30. The number of rotatable bonds is 2. The Kier molecular flexibility index (Phi) is 3.59. The number of aryl methyl sites for hydroxylation is 1. The molecule has 0 spiro atoms. The van der Waals surface area contributed by atoms with E-state index in [2.05, 4.69) is 11.9 Å². The smallest absolute Gasteiger partial charge is 0.227 e. The normalized spacial score (nSPS) is 17.8. The average Bonchev–Trinajstić information content (AvgIpc) is 2.65. The molecule has 88 valence electrons. The second-order valence-electron chi connectivity index (χ2n) is 4.60. The first-order chi connectivity index (χ1) is 7.66. The highest BCUT2D eigenvalue weighted by Gasteiger charge is 2.21. The number of hydrogen-bond donors (Lipinski definition) is 0. The Morgan fingerprint density at radius 3 is 2.81 bits per heavy atom. The van der Waals surface area contributed by atoms with E-state index in [1.165, 1.54) is 0 Å². The molecule has 0 aliphatic carbocycles. The van der Waals surface area contributed by atoms with Gasteiger partial charge in [-0.25, -0.2) is 4.98 Å². The van der Waals surface area contributed by atoms with Gasteiger partial charge in [0.15, 0.2) is 0 Å². The molecule has 1 amide bonds. The monoisotopic (exact) mass is 238 g/mol. The average molecular weight is 238 g/mol. The number of thiazole rings is 1. The number of nitrogens with zero attached hydrogens (tertiary/aromatic N) is 2. The molecule has 16 heavy (non-hydrogen) atoms. The molecule has 2 rings (SSSR count). The third-order valence-corrected chi connectivity index (χ3v) is 4.23. The van der Waals surface area contributed by atoms with Gasteiger partial charge in [0, 0.05) is 18.0 Å². The first-order valence-corrected chi connectivity index (χ1v) is 6.71. The molecule has 0 radical (unpaired) electrons. The Morgan fingerprint density at radius 2 is 2.25 bits per heavy atom. The summed E-state index contributed by atoms with van der Waals surface area (Å²) in [4.78, 5) is 19.3. The summed E-state index contributed by atoms with van der Waals surface area (Å²) in [6, 6.07) is 0. The minimum atomic E-state index is 0.263. The van der Waals surface area contributed by atoms with Gasteiger partial charge < -0.3 is 4.90 Å². The van der Waals surface area contributed by atoms with Crippen LogP contribution in [0.3, 0.4) is 0 Å². The fourth-order valence-corrected chi connectivity index (χ4v) is 2.77. The largest absolute Gasteiger partial charge is 0.342 e. The lowest BCUT2D eigenvalue weighted by molar-refractivity contribution is -0.131. The second-order valence-corrected chi connectivity index (χ2v) is 5.54. The van der Waals surface area contributed by atoms with Crippen LogP contribution in [-0.4, -0.2) is 28.9 Å². The van der Waals surface area contributed by atoms with Crippen LogP contribution in [-0.2, 0) is 11.2 Å². The molecule has 1 aromatic heterocycles. The molecule has 1 aromatic rings. The summed E-state index contributed by atoms with van der Waals surface area (Å²) < 4.78 is 0. The van der Waals surface area contributed by atoms with E-state index in [1.54, 1.807) is 11.3 Å². The van der Waals surface area contributed by atoms with Crippen molar-refractivity contribution in [2.75, 3.05) is 13.1 Å². The molecule has 1 saturated heterocycles. The summed E-state index contributed by atoms with van der Waals surface area (Å²) in [6.45, 7) is 6.09. The Bertz CT molecular complexity index is 367. The molecule has 4 heteroatoms. The predicted molar refractivity (Wildman–Crippen MR) is 65.5 cm³/mol. The van der Waals surface area contributed by atoms with Crippen molar-refractivity contribution >= 4 is 17.2 Å². The molecule has 1 aliphatic rings. The topological polar surface area (TPSA) is 33.2 Å². The predicted octanol–water partition coefficient (Wildman–Crippen LogP) is 2.25. The van der Waals surface area contributed by atoms with Crippen LogP contribution in [0.4, 0.5) is 0 Å². The number of hydrogen-bond acceptors (Lipinski definition) is 3. The van der Waals surface area contributed by atoms with Crippen LogP contribution in [0.1, 0.15) is 30.3 Å². The number of carbonyl (C=O) groups excluding carboxylic acids is 1. The summed E-state index contributed by atoms with van der Waals surface area (Å²) in [6.07, 6.45) is 2.83. The highest BCUT2D eigenvalue weighted by Crippen LogP contribution is 2.19. The highest BCUT2D eigenvalue weighted by molar-refractivity contribution is 7.09. The standard InChI is InChI=1S/C12H18N2OS/c1-9-3-5-14(6-4-9)12(15)7-11-10(2)13-8-16-11/h8-9H,3-7H2,1-2H3. The lowest BCUT2D eigenvalue weighted by Crippen LogP contribution is -2.38. The quantitative estimate of drug-likeness (QED) is 0.791. The van der Waals surface area contributed by atoms with Gasteiger partial charge in [0.2, 0.25) is 5.91 Å². The lowest BCUT2D eigenvalue weighted by atomic mass is 9.99. The van der Waals surface area contributed by atoms with Crippen molar-refractivity contribution in [1.29, 1.82) is 0 Å². The maximum atomic E-state index is 12.0. The Labute approximate surface area is 100 Å². The van der Waals surface area contributed by atoms with Crippen molar-refractivity contribution in [2.24, 2.45) is 5.92 Å². The SMILES string of the molecule is Cc1ncsc1CC(=O)N1CCC(C)CC1. The van der Waals surface area contributed by atoms with Crippen molar-refractivity contribution in [1.82, 2.24) is 9.88 Å². The number of carbonyl (C=O) groups is 1. The second kappa shape index (κ2) is 4.95. The number of piperidine rings is 1. The van der Waals surface area contributed by atoms with Crippen LogP contribution in [0.15, 0.2) is 5.51 Å². The zero-order chi connectivity index (χ0) is 11.5. The van der Waals surface area contributed by atoms with Crippen LogP contribution in [0.2, 0.25) is 0 Å². The van der Waals surface area contributed by atoms with Gasteiger partial charge in [-0.1, -0.05) is 6.92 Å². The number of aromatic nitrogens is 1. The van der Waals surface area contributed by atoms with Crippen LogP contribution in [0.25, 0.3) is 0 Å². The van der Waals surface area contributed by atoms with Crippen LogP contribution in [0.5, 0.6) is 0 Å². The van der Waals surface area contributed by atoms with E-state index in [9.17, 15) is 4.79 Å². The number of amides is 1. The molecular weight excluding hydrogens is 220 g/mol. The minimum absolute atomic E-state index is 0.263. The third-order valence-electron chi connectivity index (χ3n) is 3.29. The summed E-state index contributed by atoms with van der Waals surface area (Å²) in [7, 11) is 0. The van der Waals surface area contributed by atoms with E-state index < -0.39 is 0 Å². The summed E-state index contributed by atoms with van der Waals surface area (Å²) in [5.74, 6) is 1.04. The third kappa shape index (κ3) is 2.61. The maximum Gasteiger partial charge on any atom is 0.227 e. The molecule has 3 nitrogen and oxygen atoms in total. The van der Waals surface area contributed by atoms with Gasteiger partial charge in [0.05, 0.1) is 17.6 Å². The fourth-order valence-electron chi connectivity index (χ4n) is 2.00. The van der Waals surface area contributed by atoms with E-state index in [4.69, 9.17) is 0 Å². The van der Waals surface area contributed by atoms with E-state index in [0.29, 0.717) is 6.42 Å². The van der Waals surface area contributed by atoms with Crippen molar-refractivity contribution in [3.05, 3.63) is 16.1 Å². The fraction of sp³-hybridized carbons (Fsp3) is 0.667. The summed E-state index contributed by atoms with van der Waals surface area (Å²) in [5, 5.41) is 0. The molecule has 1 fully saturated rings. The van der Waals surface area contributed by atoms with E-state index in [-0.39, 0.29) is 5.91 Å². The van der Waals surface area contributed by atoms with Gasteiger partial charge in [-0.2, -0.15) is 0 Å². The van der Waals surface area contributed by atoms with Crippen molar-refractivity contribution in [3.63, 3.8) is 0 Å². The van der Waals surface area contributed by atoms with Gasteiger partial charge in [-0.05, 0) is 25.7 Å². The molecule has 0 unspecified atom stereocenters. The molecular formula is C12H18N2OS. The van der Waals surface area contributed by atoms with Crippen LogP contribution in [0, 0.1) is 12.8 Å². The first kappa shape index (κ1) is 11.6. The minimum Gasteiger partial charge on any atom is -0.342 e. The van der Waals surface area contributed by atoms with Gasteiger partial charge in [0.1, 0.15) is 0 Å². The zero-order valence-electron chi connectivity index (χ0n) is 9.90. The van der Waals surface area contributed by atoms with E-state index in [1.807, 2.05) is 17.3 Å². The maximum absolute atomic E-state index is 12.0. The number of likely N-dealkylation sites (tertiary alicyclic amines) is 1. The van der Waals surface area contributed by atoms with Gasteiger partial charge in [-0.3, -0.25) is 4.79 Å². The molecule has 0 atom stereocenters.